The first-order chi connectivity index (χ1) is 9.63. The smallest absolute Gasteiger partial charge is 0.337 e. The Bertz CT molecular complexity index is 608. The molecule has 0 aliphatic rings. The molecule has 1 heterocycles. The van der Waals surface area contributed by atoms with Crippen LogP contribution in [-0.4, -0.2) is 23.2 Å². The highest BCUT2D eigenvalue weighted by Gasteiger charge is 2.08. The number of nitrogens with zero attached hydrogens (tertiary/aromatic N) is 1. The van der Waals surface area contributed by atoms with E-state index in [0.717, 1.165) is 12.0 Å². The average molecular weight is 273 g/mol. The van der Waals surface area contributed by atoms with Gasteiger partial charge in [-0.15, -0.1) is 0 Å². The summed E-state index contributed by atoms with van der Waals surface area (Å²) in [6.07, 6.45) is 2.16. The Kier molecular flexibility index (Phi) is 4.20. The van der Waals surface area contributed by atoms with E-state index in [0.29, 0.717) is 17.4 Å². The molecule has 5 heteroatoms. The molecule has 0 saturated carbocycles. The van der Waals surface area contributed by atoms with Crippen molar-refractivity contribution in [2.75, 3.05) is 7.11 Å². The maximum absolute atomic E-state index is 10.7. The molecular weight excluding hydrogens is 258 g/mol. The topological polar surface area (TPSA) is 68.7 Å². The molecule has 1 aromatic carbocycles. The first kappa shape index (κ1) is 13.9. The van der Waals surface area contributed by atoms with Crippen LogP contribution >= 0.6 is 0 Å². The number of ether oxygens (including phenoxy) is 2. The van der Waals surface area contributed by atoms with Crippen LogP contribution in [0, 0.1) is 0 Å². The van der Waals surface area contributed by atoms with Crippen LogP contribution in [0.5, 0.6) is 17.4 Å². The average Bonchev–Trinajstić information content (AvgIpc) is 2.48. The third-order valence-electron chi connectivity index (χ3n) is 2.83. The van der Waals surface area contributed by atoms with Gasteiger partial charge in [-0.2, -0.15) is 0 Å². The van der Waals surface area contributed by atoms with Gasteiger partial charge in [0.1, 0.15) is 0 Å². The first-order valence-corrected chi connectivity index (χ1v) is 6.18. The van der Waals surface area contributed by atoms with Gasteiger partial charge in [0, 0.05) is 12.3 Å². The lowest BCUT2D eigenvalue weighted by Gasteiger charge is -2.10. The van der Waals surface area contributed by atoms with E-state index in [4.69, 9.17) is 14.6 Å². The molecule has 5 nitrogen and oxygen atoms in total. The van der Waals surface area contributed by atoms with E-state index in [1.807, 2.05) is 18.2 Å². The lowest BCUT2D eigenvalue weighted by atomic mass is 10.1. The van der Waals surface area contributed by atoms with E-state index in [-0.39, 0.29) is 5.56 Å². The standard InChI is InChI=1S/C15H15NO4/c1-3-10-4-6-12(13(8-10)19-2)20-14-7-5-11(9-16-14)15(17)18/h4-9H,3H2,1-2H3,(H,17,18). The van der Waals surface area contributed by atoms with Crippen LogP contribution in [0.15, 0.2) is 36.5 Å². The quantitative estimate of drug-likeness (QED) is 0.906. The van der Waals surface area contributed by atoms with Crippen LogP contribution in [0.3, 0.4) is 0 Å². The molecule has 0 fully saturated rings. The molecule has 104 valence electrons. The zero-order chi connectivity index (χ0) is 14.5. The van der Waals surface area contributed by atoms with Crippen LogP contribution in [0.25, 0.3) is 0 Å². The molecule has 0 bridgehead atoms. The summed E-state index contributed by atoms with van der Waals surface area (Å²) in [5, 5.41) is 8.80. The van der Waals surface area contributed by atoms with Gasteiger partial charge in [0.15, 0.2) is 11.5 Å². The summed E-state index contributed by atoms with van der Waals surface area (Å²) in [5.74, 6) is 0.459. The molecule has 0 atom stereocenters. The van der Waals surface area contributed by atoms with Gasteiger partial charge in [-0.05, 0) is 30.2 Å². The Balaban J connectivity index is 2.23. The van der Waals surface area contributed by atoms with Crippen molar-refractivity contribution >= 4 is 5.97 Å². The molecule has 0 spiro atoms. The van der Waals surface area contributed by atoms with Gasteiger partial charge in [0.25, 0.3) is 0 Å². The summed E-state index contributed by atoms with van der Waals surface area (Å²) in [6.45, 7) is 2.06. The van der Waals surface area contributed by atoms with Crippen molar-refractivity contribution in [1.29, 1.82) is 0 Å². The van der Waals surface area contributed by atoms with Crippen LogP contribution in [0.4, 0.5) is 0 Å². The van der Waals surface area contributed by atoms with Crippen molar-refractivity contribution in [1.82, 2.24) is 4.98 Å². The second kappa shape index (κ2) is 6.06. The molecule has 1 N–H and O–H groups in total. The van der Waals surface area contributed by atoms with E-state index >= 15 is 0 Å². The Morgan fingerprint density at radius 1 is 1.25 bits per heavy atom. The minimum absolute atomic E-state index is 0.116. The third kappa shape index (κ3) is 3.06. The van der Waals surface area contributed by atoms with Crippen LogP contribution < -0.4 is 9.47 Å². The zero-order valence-corrected chi connectivity index (χ0v) is 11.3. The van der Waals surface area contributed by atoms with Gasteiger partial charge in [0.2, 0.25) is 5.88 Å². The number of rotatable bonds is 5. The molecule has 0 aliphatic carbocycles. The molecule has 1 aromatic heterocycles. The van der Waals surface area contributed by atoms with Crippen molar-refractivity contribution in [3.8, 4) is 17.4 Å². The minimum Gasteiger partial charge on any atom is -0.493 e. The fourth-order valence-corrected chi connectivity index (χ4v) is 1.70. The van der Waals surface area contributed by atoms with Gasteiger partial charge >= 0.3 is 5.97 Å². The maximum atomic E-state index is 10.7. The number of carboxylic acid groups (broad SMARTS) is 1. The molecule has 0 aliphatic heterocycles. The third-order valence-corrected chi connectivity index (χ3v) is 2.83. The fourth-order valence-electron chi connectivity index (χ4n) is 1.70. The molecule has 0 radical (unpaired) electrons. The largest absolute Gasteiger partial charge is 0.493 e. The Hall–Kier alpha value is -2.56. The highest BCUT2D eigenvalue weighted by Crippen LogP contribution is 2.31. The monoisotopic (exact) mass is 273 g/mol. The van der Waals surface area contributed by atoms with Gasteiger partial charge in [0.05, 0.1) is 12.7 Å². The SMILES string of the molecule is CCc1ccc(Oc2ccc(C(=O)O)cn2)c(OC)c1. The van der Waals surface area contributed by atoms with E-state index in [1.54, 1.807) is 7.11 Å². The Morgan fingerprint density at radius 2 is 2.05 bits per heavy atom. The second-order valence-electron chi connectivity index (χ2n) is 4.13. The number of hydrogen-bond acceptors (Lipinski definition) is 4. The molecule has 0 amide bonds. The van der Waals surface area contributed by atoms with Gasteiger partial charge in [-0.25, -0.2) is 9.78 Å². The van der Waals surface area contributed by atoms with E-state index in [1.165, 1.54) is 18.3 Å². The van der Waals surface area contributed by atoms with Gasteiger partial charge in [-0.3, -0.25) is 0 Å². The molecule has 20 heavy (non-hydrogen) atoms. The summed E-state index contributed by atoms with van der Waals surface area (Å²) in [4.78, 5) is 14.7. The number of benzene rings is 1. The van der Waals surface area contributed by atoms with Crippen molar-refractivity contribution in [2.24, 2.45) is 0 Å². The highest BCUT2D eigenvalue weighted by atomic mass is 16.5. The summed E-state index contributed by atoms with van der Waals surface area (Å²) in [7, 11) is 1.57. The molecular formula is C15H15NO4. The van der Waals surface area contributed by atoms with Crippen molar-refractivity contribution in [2.45, 2.75) is 13.3 Å². The number of carbonyl (C=O) groups is 1. The molecule has 2 rings (SSSR count). The lowest BCUT2D eigenvalue weighted by molar-refractivity contribution is 0.0696. The second-order valence-corrected chi connectivity index (χ2v) is 4.13. The first-order valence-electron chi connectivity index (χ1n) is 6.18. The zero-order valence-electron chi connectivity index (χ0n) is 11.3. The normalized spacial score (nSPS) is 10.1. The Morgan fingerprint density at radius 3 is 2.60 bits per heavy atom. The van der Waals surface area contributed by atoms with Crippen molar-refractivity contribution in [3.05, 3.63) is 47.7 Å². The predicted molar refractivity (Wildman–Crippen MR) is 73.6 cm³/mol. The highest BCUT2D eigenvalue weighted by molar-refractivity contribution is 5.87. The van der Waals surface area contributed by atoms with Gasteiger partial charge in [-0.1, -0.05) is 13.0 Å². The number of hydrogen-bond donors (Lipinski definition) is 1. The van der Waals surface area contributed by atoms with Crippen LogP contribution in [-0.2, 0) is 6.42 Å². The number of aromatic nitrogens is 1. The number of aryl methyl sites for hydroxylation is 1. The molecule has 2 aromatic rings. The summed E-state index contributed by atoms with van der Waals surface area (Å²) < 4.78 is 10.9. The summed E-state index contributed by atoms with van der Waals surface area (Å²) in [6, 6.07) is 8.61. The molecule has 0 unspecified atom stereocenters. The van der Waals surface area contributed by atoms with E-state index < -0.39 is 5.97 Å². The van der Waals surface area contributed by atoms with Crippen molar-refractivity contribution < 1.29 is 19.4 Å². The summed E-state index contributed by atoms with van der Waals surface area (Å²) >= 11 is 0. The summed E-state index contributed by atoms with van der Waals surface area (Å²) in [5.41, 5.74) is 1.26. The van der Waals surface area contributed by atoms with Crippen LogP contribution in [0.2, 0.25) is 0 Å². The number of methoxy groups -OCH3 is 1. The fraction of sp³-hybridized carbons (Fsp3) is 0.200. The van der Waals surface area contributed by atoms with Crippen LogP contribution in [0.1, 0.15) is 22.8 Å². The van der Waals surface area contributed by atoms with Crippen molar-refractivity contribution in [3.63, 3.8) is 0 Å². The van der Waals surface area contributed by atoms with E-state index in [2.05, 4.69) is 11.9 Å². The Labute approximate surface area is 116 Å². The number of aromatic carboxylic acids is 1. The predicted octanol–water partition coefficient (Wildman–Crippen LogP) is 3.14. The molecule has 0 saturated heterocycles. The van der Waals surface area contributed by atoms with E-state index in [9.17, 15) is 4.79 Å². The van der Waals surface area contributed by atoms with Gasteiger partial charge < -0.3 is 14.6 Å². The minimum atomic E-state index is -1.02. The lowest BCUT2D eigenvalue weighted by Crippen LogP contribution is -1.98. The number of pyridine rings is 1. The maximum Gasteiger partial charge on any atom is 0.337 e. The number of carboxylic acids is 1.